The van der Waals surface area contributed by atoms with Gasteiger partial charge in [-0.2, -0.15) is 0 Å². The van der Waals surface area contributed by atoms with Gasteiger partial charge in [0.1, 0.15) is 5.75 Å². The second-order valence-corrected chi connectivity index (χ2v) is 7.00. The number of carbonyl (C=O) groups is 1. The minimum Gasteiger partial charge on any atom is -0.497 e. The van der Waals surface area contributed by atoms with E-state index in [0.717, 1.165) is 10.6 Å². The summed E-state index contributed by atoms with van der Waals surface area (Å²) in [6.45, 7) is 1.32. The van der Waals surface area contributed by atoms with E-state index in [9.17, 15) is 4.79 Å². The summed E-state index contributed by atoms with van der Waals surface area (Å²) in [5.74, 6) is 1.58. The van der Waals surface area contributed by atoms with Crippen molar-refractivity contribution in [2.75, 3.05) is 26.0 Å². The summed E-state index contributed by atoms with van der Waals surface area (Å²) >= 11 is 1.53. The van der Waals surface area contributed by atoms with Gasteiger partial charge in [-0.1, -0.05) is 36.4 Å². The third kappa shape index (κ3) is 4.91. The van der Waals surface area contributed by atoms with Crippen molar-refractivity contribution in [1.82, 2.24) is 4.90 Å². The number of ether oxygens (including phenoxy) is 1. The van der Waals surface area contributed by atoms with Crippen LogP contribution in [0.25, 0.3) is 0 Å². The van der Waals surface area contributed by atoms with Gasteiger partial charge in [0.25, 0.3) is 0 Å². The number of hydrogen-bond donors (Lipinski definition) is 1. The average molecular weight is 379 g/mol. The second kappa shape index (κ2) is 9.13. The number of hydrogen-bond acceptors (Lipinski definition) is 4. The maximum Gasteiger partial charge on any atom is 0.233 e. The van der Waals surface area contributed by atoms with E-state index in [1.165, 1.54) is 17.3 Å². The predicted octanol–water partition coefficient (Wildman–Crippen LogP) is 3.16. The highest BCUT2D eigenvalue weighted by atomic mass is 35.5. The Hall–Kier alpha value is -1.69. The fourth-order valence-electron chi connectivity index (χ4n) is 3.01. The molecule has 1 aliphatic heterocycles. The van der Waals surface area contributed by atoms with Crippen LogP contribution in [0, 0.1) is 0 Å². The molecule has 2 aromatic carbocycles. The number of likely N-dealkylation sites (tertiary alicyclic amines) is 1. The van der Waals surface area contributed by atoms with Crippen LogP contribution in [-0.2, 0) is 4.79 Å². The molecule has 2 atom stereocenters. The number of carbonyl (C=O) groups excluding carboxylic acids is 1. The zero-order valence-electron chi connectivity index (χ0n) is 14.1. The quantitative estimate of drug-likeness (QED) is 0.812. The lowest BCUT2D eigenvalue weighted by Gasteiger charge is -2.16. The zero-order valence-corrected chi connectivity index (χ0v) is 15.8. The third-order valence-electron chi connectivity index (χ3n) is 4.35. The SMILES string of the molecule is COc1cccc(SCC(=O)N2C[C@@H](N)[C@H](c3ccccc3)C2)c1.Cl. The van der Waals surface area contributed by atoms with Crippen molar-refractivity contribution in [2.24, 2.45) is 5.73 Å². The molecule has 2 N–H and O–H groups in total. The lowest BCUT2D eigenvalue weighted by atomic mass is 9.95. The topological polar surface area (TPSA) is 55.6 Å². The van der Waals surface area contributed by atoms with Crippen molar-refractivity contribution in [3.8, 4) is 5.75 Å². The summed E-state index contributed by atoms with van der Waals surface area (Å²) < 4.78 is 5.21. The molecule has 6 heteroatoms. The first kappa shape index (κ1) is 19.6. The Morgan fingerprint density at radius 1 is 1.20 bits per heavy atom. The van der Waals surface area contributed by atoms with Gasteiger partial charge in [-0.15, -0.1) is 24.2 Å². The van der Waals surface area contributed by atoms with E-state index in [4.69, 9.17) is 10.5 Å². The number of nitrogens with zero attached hydrogens (tertiary/aromatic N) is 1. The van der Waals surface area contributed by atoms with Gasteiger partial charge in [0.15, 0.2) is 0 Å². The van der Waals surface area contributed by atoms with Gasteiger partial charge < -0.3 is 15.4 Å². The fourth-order valence-corrected chi connectivity index (χ4v) is 3.86. The highest BCUT2D eigenvalue weighted by molar-refractivity contribution is 8.00. The Morgan fingerprint density at radius 2 is 1.96 bits per heavy atom. The Bertz CT molecular complexity index is 699. The van der Waals surface area contributed by atoms with Crippen molar-refractivity contribution in [2.45, 2.75) is 16.9 Å². The van der Waals surface area contributed by atoms with Crippen molar-refractivity contribution in [3.05, 3.63) is 60.2 Å². The van der Waals surface area contributed by atoms with Gasteiger partial charge in [0.2, 0.25) is 5.91 Å². The normalized spacial score (nSPS) is 19.4. The van der Waals surface area contributed by atoms with Crippen LogP contribution < -0.4 is 10.5 Å². The van der Waals surface area contributed by atoms with Crippen molar-refractivity contribution in [1.29, 1.82) is 0 Å². The smallest absolute Gasteiger partial charge is 0.233 e. The number of methoxy groups -OCH3 is 1. The van der Waals surface area contributed by atoms with E-state index in [1.807, 2.05) is 47.4 Å². The molecule has 1 amide bonds. The van der Waals surface area contributed by atoms with E-state index in [0.29, 0.717) is 18.8 Å². The predicted molar refractivity (Wildman–Crippen MR) is 105 cm³/mol. The molecule has 3 rings (SSSR count). The molecule has 0 saturated carbocycles. The van der Waals surface area contributed by atoms with Crippen molar-refractivity contribution < 1.29 is 9.53 Å². The summed E-state index contributed by atoms with van der Waals surface area (Å²) in [4.78, 5) is 15.4. The Morgan fingerprint density at radius 3 is 2.68 bits per heavy atom. The summed E-state index contributed by atoms with van der Waals surface area (Å²) in [7, 11) is 1.64. The van der Waals surface area contributed by atoms with Crippen LogP contribution in [0.3, 0.4) is 0 Å². The van der Waals surface area contributed by atoms with Gasteiger partial charge in [-0.3, -0.25) is 4.79 Å². The summed E-state index contributed by atoms with van der Waals surface area (Å²) in [6, 6.07) is 18.0. The molecular formula is C19H23ClN2O2S. The lowest BCUT2D eigenvalue weighted by molar-refractivity contribution is -0.127. The average Bonchev–Trinajstić information content (AvgIpc) is 3.02. The van der Waals surface area contributed by atoms with Crippen LogP contribution in [0.4, 0.5) is 0 Å². The molecule has 0 bridgehead atoms. The van der Waals surface area contributed by atoms with Crippen LogP contribution >= 0.6 is 24.2 Å². The van der Waals surface area contributed by atoms with Crippen LogP contribution in [0.5, 0.6) is 5.75 Å². The highest BCUT2D eigenvalue weighted by Gasteiger charge is 2.33. The maximum absolute atomic E-state index is 12.5. The third-order valence-corrected chi connectivity index (χ3v) is 5.33. The van der Waals surface area contributed by atoms with E-state index < -0.39 is 0 Å². The van der Waals surface area contributed by atoms with Crippen LogP contribution in [0.1, 0.15) is 11.5 Å². The Balaban J connectivity index is 0.00000225. The fraction of sp³-hybridized carbons (Fsp3) is 0.316. The summed E-state index contributed by atoms with van der Waals surface area (Å²) in [5, 5.41) is 0. The van der Waals surface area contributed by atoms with E-state index >= 15 is 0 Å². The minimum atomic E-state index is -0.00170. The molecule has 25 heavy (non-hydrogen) atoms. The second-order valence-electron chi connectivity index (χ2n) is 5.95. The first-order valence-corrected chi connectivity index (χ1v) is 9.01. The molecular weight excluding hydrogens is 356 g/mol. The van der Waals surface area contributed by atoms with Gasteiger partial charge in [-0.25, -0.2) is 0 Å². The van der Waals surface area contributed by atoms with E-state index in [1.54, 1.807) is 7.11 Å². The van der Waals surface area contributed by atoms with Crippen molar-refractivity contribution >= 4 is 30.1 Å². The van der Waals surface area contributed by atoms with Gasteiger partial charge in [0.05, 0.1) is 12.9 Å². The van der Waals surface area contributed by atoms with Gasteiger partial charge >= 0.3 is 0 Å². The van der Waals surface area contributed by atoms with Crippen LogP contribution in [-0.4, -0.2) is 42.8 Å². The minimum absolute atomic E-state index is 0. The van der Waals surface area contributed by atoms with Crippen LogP contribution in [0.15, 0.2) is 59.5 Å². The highest BCUT2D eigenvalue weighted by Crippen LogP contribution is 2.28. The summed E-state index contributed by atoms with van der Waals surface area (Å²) in [5.41, 5.74) is 7.48. The maximum atomic E-state index is 12.5. The standard InChI is InChI=1S/C19H22N2O2S.ClH/c1-23-15-8-5-9-16(10-15)24-13-19(22)21-11-17(18(20)12-21)14-6-3-2-4-7-14;/h2-10,17-18H,11-13,20H2,1H3;1H/t17-,18+;/m0./s1. The molecule has 0 aliphatic carbocycles. The molecule has 0 spiro atoms. The first-order chi connectivity index (χ1) is 11.7. The number of nitrogens with two attached hydrogens (primary N) is 1. The monoisotopic (exact) mass is 378 g/mol. The molecule has 0 unspecified atom stereocenters. The first-order valence-electron chi connectivity index (χ1n) is 8.02. The Labute approximate surface area is 159 Å². The van der Waals surface area contributed by atoms with Crippen molar-refractivity contribution in [3.63, 3.8) is 0 Å². The molecule has 2 aromatic rings. The van der Waals surface area contributed by atoms with Gasteiger partial charge in [-0.05, 0) is 23.8 Å². The largest absolute Gasteiger partial charge is 0.497 e. The molecule has 0 aromatic heterocycles. The zero-order chi connectivity index (χ0) is 16.9. The molecule has 1 heterocycles. The number of rotatable bonds is 5. The Kier molecular flexibility index (Phi) is 7.17. The van der Waals surface area contributed by atoms with Crippen LogP contribution in [0.2, 0.25) is 0 Å². The molecule has 1 saturated heterocycles. The van der Waals surface area contributed by atoms with E-state index in [-0.39, 0.29) is 30.3 Å². The molecule has 134 valence electrons. The summed E-state index contributed by atoms with van der Waals surface area (Å²) in [6.07, 6.45) is 0. The molecule has 0 radical (unpaired) electrons. The number of amides is 1. The molecule has 1 fully saturated rings. The van der Waals surface area contributed by atoms with E-state index in [2.05, 4.69) is 12.1 Å². The number of benzene rings is 2. The lowest BCUT2D eigenvalue weighted by Crippen LogP contribution is -2.33. The molecule has 4 nitrogen and oxygen atoms in total. The number of thioether (sulfide) groups is 1. The number of halogens is 1. The van der Waals surface area contributed by atoms with Gasteiger partial charge in [0, 0.05) is 29.9 Å². The molecule has 1 aliphatic rings.